The normalized spacial score (nSPS) is 10.8. The van der Waals surface area contributed by atoms with Crippen molar-refractivity contribution in [3.8, 4) is 0 Å². The molecular formula is C12H13F2N3S. The summed E-state index contributed by atoms with van der Waals surface area (Å²) < 4.78 is 26.9. The van der Waals surface area contributed by atoms with E-state index in [9.17, 15) is 8.78 Å². The smallest absolute Gasteiger partial charge is 0.131 e. The second-order valence-corrected chi connectivity index (χ2v) is 4.89. The highest BCUT2D eigenvalue weighted by atomic mass is 32.1. The summed E-state index contributed by atoms with van der Waals surface area (Å²) in [6.45, 7) is 3.47. The zero-order valence-electron chi connectivity index (χ0n) is 9.91. The van der Waals surface area contributed by atoms with Crippen molar-refractivity contribution in [3.63, 3.8) is 0 Å². The van der Waals surface area contributed by atoms with Gasteiger partial charge in [0.15, 0.2) is 0 Å². The molecule has 2 rings (SSSR count). The highest BCUT2D eigenvalue weighted by Crippen LogP contribution is 2.19. The van der Waals surface area contributed by atoms with Crippen LogP contribution in [0, 0.1) is 11.6 Å². The predicted octanol–water partition coefficient (Wildman–Crippen LogP) is 2.52. The SMILES string of the molecule is CCNCc1nnc(Cc2c(F)cccc2F)s1. The number of hydrogen-bond acceptors (Lipinski definition) is 4. The Morgan fingerprint density at radius 2 is 1.83 bits per heavy atom. The fourth-order valence-electron chi connectivity index (χ4n) is 1.52. The first-order chi connectivity index (χ1) is 8.70. The van der Waals surface area contributed by atoms with Gasteiger partial charge in [-0.05, 0) is 18.7 Å². The molecule has 0 radical (unpaired) electrons. The Balaban J connectivity index is 2.11. The number of nitrogens with one attached hydrogen (secondary N) is 1. The van der Waals surface area contributed by atoms with Crippen molar-refractivity contribution >= 4 is 11.3 Å². The maximum absolute atomic E-state index is 13.4. The Kier molecular flexibility index (Phi) is 4.33. The van der Waals surface area contributed by atoms with E-state index in [1.165, 1.54) is 29.5 Å². The molecule has 3 nitrogen and oxygen atoms in total. The van der Waals surface area contributed by atoms with E-state index in [0.29, 0.717) is 11.6 Å². The molecule has 0 unspecified atom stereocenters. The standard InChI is InChI=1S/C12H13F2N3S/c1-2-15-7-12-17-16-11(18-12)6-8-9(13)4-3-5-10(8)14/h3-5,15H,2,6-7H2,1H3. The summed E-state index contributed by atoms with van der Waals surface area (Å²) in [4.78, 5) is 0. The van der Waals surface area contributed by atoms with Gasteiger partial charge in [-0.3, -0.25) is 0 Å². The minimum absolute atomic E-state index is 0.0450. The van der Waals surface area contributed by atoms with E-state index >= 15 is 0 Å². The molecule has 0 atom stereocenters. The quantitative estimate of drug-likeness (QED) is 0.906. The van der Waals surface area contributed by atoms with Crippen molar-refractivity contribution in [1.82, 2.24) is 15.5 Å². The van der Waals surface area contributed by atoms with Crippen molar-refractivity contribution < 1.29 is 8.78 Å². The Morgan fingerprint density at radius 3 is 2.50 bits per heavy atom. The molecule has 0 amide bonds. The zero-order valence-corrected chi connectivity index (χ0v) is 10.7. The molecule has 96 valence electrons. The third kappa shape index (κ3) is 3.08. The fraction of sp³-hybridized carbons (Fsp3) is 0.333. The van der Waals surface area contributed by atoms with Gasteiger partial charge in [-0.1, -0.05) is 24.3 Å². The molecule has 0 aliphatic carbocycles. The number of aromatic nitrogens is 2. The van der Waals surface area contributed by atoms with Crippen LogP contribution < -0.4 is 5.32 Å². The summed E-state index contributed by atoms with van der Waals surface area (Å²) in [6, 6.07) is 3.85. The summed E-state index contributed by atoms with van der Waals surface area (Å²) in [6.07, 6.45) is 0.141. The first kappa shape index (κ1) is 13.0. The van der Waals surface area contributed by atoms with Crippen LogP contribution in [0.4, 0.5) is 8.78 Å². The van der Waals surface area contributed by atoms with Gasteiger partial charge in [0.05, 0.1) is 0 Å². The second-order valence-electron chi connectivity index (χ2n) is 3.75. The molecule has 1 N–H and O–H groups in total. The molecule has 0 saturated heterocycles. The summed E-state index contributed by atoms with van der Waals surface area (Å²) in [5.74, 6) is -1.09. The van der Waals surface area contributed by atoms with E-state index < -0.39 is 11.6 Å². The monoisotopic (exact) mass is 269 g/mol. The van der Waals surface area contributed by atoms with E-state index in [1.54, 1.807) is 0 Å². The molecule has 0 spiro atoms. The molecule has 0 fully saturated rings. The topological polar surface area (TPSA) is 37.8 Å². The number of halogens is 2. The lowest BCUT2D eigenvalue weighted by molar-refractivity contribution is 0.561. The van der Waals surface area contributed by atoms with Crippen LogP contribution in [0.3, 0.4) is 0 Å². The van der Waals surface area contributed by atoms with Crippen molar-refractivity contribution in [2.24, 2.45) is 0 Å². The molecule has 6 heteroatoms. The molecule has 0 aliphatic heterocycles. The van der Waals surface area contributed by atoms with Crippen LogP contribution in [0.1, 0.15) is 22.5 Å². The summed E-state index contributed by atoms with van der Waals surface area (Å²) in [5.41, 5.74) is 0.0450. The van der Waals surface area contributed by atoms with Crippen LogP contribution in [-0.4, -0.2) is 16.7 Å². The summed E-state index contributed by atoms with van der Waals surface area (Å²) in [7, 11) is 0. The highest BCUT2D eigenvalue weighted by Gasteiger charge is 2.12. The van der Waals surface area contributed by atoms with Gasteiger partial charge in [0.25, 0.3) is 0 Å². The van der Waals surface area contributed by atoms with Crippen LogP contribution in [0.2, 0.25) is 0 Å². The number of rotatable bonds is 5. The highest BCUT2D eigenvalue weighted by molar-refractivity contribution is 7.11. The van der Waals surface area contributed by atoms with Gasteiger partial charge in [-0.15, -0.1) is 10.2 Å². The van der Waals surface area contributed by atoms with Crippen molar-refractivity contribution in [1.29, 1.82) is 0 Å². The average molecular weight is 269 g/mol. The maximum Gasteiger partial charge on any atom is 0.131 e. The van der Waals surface area contributed by atoms with Gasteiger partial charge in [0.1, 0.15) is 21.6 Å². The minimum Gasteiger partial charge on any atom is -0.311 e. The number of hydrogen-bond donors (Lipinski definition) is 1. The van der Waals surface area contributed by atoms with E-state index in [2.05, 4.69) is 15.5 Å². The molecule has 1 aromatic heterocycles. The minimum atomic E-state index is -0.543. The van der Waals surface area contributed by atoms with Crippen molar-refractivity contribution in [3.05, 3.63) is 45.4 Å². The van der Waals surface area contributed by atoms with Crippen LogP contribution in [0.25, 0.3) is 0 Å². The lowest BCUT2D eigenvalue weighted by atomic mass is 10.1. The Labute approximate surface area is 108 Å². The third-order valence-electron chi connectivity index (χ3n) is 2.42. The molecular weight excluding hydrogens is 256 g/mol. The van der Waals surface area contributed by atoms with Crippen molar-refractivity contribution in [2.75, 3.05) is 6.54 Å². The number of nitrogens with zero attached hydrogens (tertiary/aromatic N) is 2. The van der Waals surface area contributed by atoms with Crippen LogP contribution in [-0.2, 0) is 13.0 Å². The van der Waals surface area contributed by atoms with E-state index in [1.807, 2.05) is 6.92 Å². The Bertz CT molecular complexity index is 508. The molecule has 0 saturated carbocycles. The van der Waals surface area contributed by atoms with E-state index in [4.69, 9.17) is 0 Å². The van der Waals surface area contributed by atoms with Crippen molar-refractivity contribution in [2.45, 2.75) is 19.9 Å². The number of benzene rings is 1. The fourth-order valence-corrected chi connectivity index (χ4v) is 2.34. The van der Waals surface area contributed by atoms with Gasteiger partial charge in [-0.2, -0.15) is 0 Å². The van der Waals surface area contributed by atoms with Crippen LogP contribution in [0.5, 0.6) is 0 Å². The van der Waals surface area contributed by atoms with Gasteiger partial charge in [0, 0.05) is 18.5 Å². The predicted molar refractivity (Wildman–Crippen MR) is 66.5 cm³/mol. The largest absolute Gasteiger partial charge is 0.311 e. The molecule has 2 aromatic rings. The van der Waals surface area contributed by atoms with E-state index in [0.717, 1.165) is 11.6 Å². The summed E-state index contributed by atoms with van der Waals surface area (Å²) >= 11 is 1.37. The summed E-state index contributed by atoms with van der Waals surface area (Å²) in [5, 5.41) is 12.5. The Hall–Kier alpha value is -1.40. The third-order valence-corrected chi connectivity index (χ3v) is 3.35. The zero-order chi connectivity index (χ0) is 13.0. The first-order valence-electron chi connectivity index (χ1n) is 5.65. The second kappa shape index (κ2) is 5.97. The van der Waals surface area contributed by atoms with Gasteiger partial charge >= 0.3 is 0 Å². The molecule has 0 aliphatic rings. The Morgan fingerprint density at radius 1 is 1.17 bits per heavy atom. The van der Waals surface area contributed by atoms with Gasteiger partial charge in [-0.25, -0.2) is 8.78 Å². The van der Waals surface area contributed by atoms with Crippen LogP contribution in [0.15, 0.2) is 18.2 Å². The average Bonchev–Trinajstić information content (AvgIpc) is 2.79. The first-order valence-corrected chi connectivity index (χ1v) is 6.47. The van der Waals surface area contributed by atoms with Crippen LogP contribution >= 0.6 is 11.3 Å². The maximum atomic E-state index is 13.4. The lowest BCUT2D eigenvalue weighted by Crippen LogP contribution is -2.11. The molecule has 1 heterocycles. The molecule has 1 aromatic carbocycles. The van der Waals surface area contributed by atoms with Gasteiger partial charge < -0.3 is 5.32 Å². The van der Waals surface area contributed by atoms with Gasteiger partial charge in [0.2, 0.25) is 0 Å². The molecule has 18 heavy (non-hydrogen) atoms. The lowest BCUT2D eigenvalue weighted by Gasteiger charge is -2.01. The molecule has 0 bridgehead atoms. The van der Waals surface area contributed by atoms with E-state index in [-0.39, 0.29) is 12.0 Å².